The minimum Gasteiger partial charge on any atom is -0.377 e. The first-order valence-corrected chi connectivity index (χ1v) is 14.2. The molecule has 0 aliphatic heterocycles. The quantitative estimate of drug-likeness (QED) is 0.184. The molecule has 0 bridgehead atoms. The summed E-state index contributed by atoms with van der Waals surface area (Å²) >= 11 is 0. The Morgan fingerprint density at radius 3 is 1.22 bits per heavy atom. The molecule has 0 aromatic heterocycles. The minimum atomic E-state index is -5.62. The molecule has 1 aromatic rings. The molecule has 0 aliphatic carbocycles. The van der Waals surface area contributed by atoms with Crippen molar-refractivity contribution in [2.24, 2.45) is 0 Å². The third kappa shape index (κ3) is 9.45. The van der Waals surface area contributed by atoms with Crippen LogP contribution in [0.5, 0.6) is 0 Å². The van der Waals surface area contributed by atoms with Crippen molar-refractivity contribution in [1.29, 1.82) is 0 Å². The van der Waals surface area contributed by atoms with Gasteiger partial charge in [-0.1, -0.05) is 0 Å². The first kappa shape index (κ1) is 35.7. The second-order valence-electron chi connectivity index (χ2n) is 6.77. The lowest BCUT2D eigenvalue weighted by Crippen LogP contribution is -2.60. The second-order valence-corrected chi connectivity index (χ2v) is 12.3. The zero-order valence-electron chi connectivity index (χ0n) is 20.8. The van der Waals surface area contributed by atoms with Crippen LogP contribution in [-0.4, -0.2) is 64.9 Å². The van der Waals surface area contributed by atoms with E-state index < -0.39 is 70.4 Å². The Morgan fingerprint density at radius 1 is 0.622 bits per heavy atom. The lowest BCUT2D eigenvalue weighted by Gasteiger charge is -2.29. The second kappa shape index (κ2) is 14.8. The average molecular weight is 599 g/mol. The van der Waals surface area contributed by atoms with Crippen molar-refractivity contribution in [1.82, 2.24) is 0 Å². The van der Waals surface area contributed by atoms with Gasteiger partial charge in [0.05, 0.1) is 5.19 Å². The number of alkyl halides is 6. The third-order valence-corrected chi connectivity index (χ3v) is 10.3. The average Bonchev–Trinajstić information content (AvgIpc) is 2.79. The van der Waals surface area contributed by atoms with E-state index in [0.29, 0.717) is 0 Å². The fourth-order valence-electron chi connectivity index (χ4n) is 2.91. The first-order chi connectivity index (χ1) is 17.0. The summed E-state index contributed by atoms with van der Waals surface area (Å²) in [4.78, 5) is 0. The molecule has 0 atom stereocenters. The van der Waals surface area contributed by atoms with Crippen LogP contribution in [0.1, 0.15) is 32.8 Å². The zero-order valence-corrected chi connectivity index (χ0v) is 22.8. The van der Waals surface area contributed by atoms with Crippen molar-refractivity contribution in [3.05, 3.63) is 28.8 Å². The van der Waals surface area contributed by atoms with Gasteiger partial charge in [0.15, 0.2) is 23.3 Å². The summed E-state index contributed by atoms with van der Waals surface area (Å²) in [6.45, 7) is 3.55. The van der Waals surface area contributed by atoms with Crippen molar-refractivity contribution in [3.63, 3.8) is 0 Å². The number of halogens is 10. The molecule has 0 fully saturated rings. The van der Waals surface area contributed by atoms with Crippen LogP contribution in [0, 0.1) is 23.3 Å². The van der Waals surface area contributed by atoms with Crippen molar-refractivity contribution in [2.75, 3.05) is 41.2 Å². The predicted octanol–water partition coefficient (Wildman–Crippen LogP) is 5.33. The summed E-state index contributed by atoms with van der Waals surface area (Å²) in [5.41, 5.74) is -2.66. The van der Waals surface area contributed by atoms with Gasteiger partial charge in [-0.3, -0.25) is 0 Å². The monoisotopic (exact) mass is 598 g/mol. The standard InChI is InChI=1S/C13H15F7O3Si.C6H13F3O3Si/c1-4-21-24(22-5-2,23-6-3)12-10(16)8(14)7(13(18,19)20)9(15)11(12)17;1-10-13(11-2,12-3)5-4-6(7,8)9/h4-6H2,1-3H3;4-5H2,1-3H3. The van der Waals surface area contributed by atoms with Gasteiger partial charge >= 0.3 is 30.0 Å². The van der Waals surface area contributed by atoms with Gasteiger partial charge in [-0.15, -0.1) is 0 Å². The fraction of sp³-hybridized carbons (Fsp3) is 0.684. The number of hydrogen-bond donors (Lipinski definition) is 0. The van der Waals surface area contributed by atoms with Crippen molar-refractivity contribution in [2.45, 2.75) is 45.6 Å². The molecule has 6 nitrogen and oxygen atoms in total. The van der Waals surface area contributed by atoms with Gasteiger partial charge in [0.1, 0.15) is 5.56 Å². The van der Waals surface area contributed by atoms with Gasteiger partial charge in [-0.2, -0.15) is 26.3 Å². The first-order valence-electron chi connectivity index (χ1n) is 10.5. The topological polar surface area (TPSA) is 55.4 Å². The number of benzene rings is 1. The Hall–Kier alpha value is -1.29. The normalized spacial score (nSPS) is 13.0. The Morgan fingerprint density at radius 2 is 0.973 bits per heavy atom. The van der Waals surface area contributed by atoms with Crippen LogP contribution < -0.4 is 5.19 Å². The van der Waals surface area contributed by atoms with Gasteiger partial charge in [0, 0.05) is 53.6 Å². The maximum atomic E-state index is 14.2. The Bertz CT molecular complexity index is 796. The smallest absolute Gasteiger partial charge is 0.377 e. The molecule has 0 spiro atoms. The van der Waals surface area contributed by atoms with Crippen LogP contribution in [0.15, 0.2) is 0 Å². The van der Waals surface area contributed by atoms with E-state index in [1.807, 2.05) is 0 Å². The number of hydrogen-bond acceptors (Lipinski definition) is 6. The highest BCUT2D eigenvalue weighted by atomic mass is 28.4. The van der Waals surface area contributed by atoms with Crippen LogP contribution >= 0.6 is 0 Å². The van der Waals surface area contributed by atoms with E-state index in [4.69, 9.17) is 26.6 Å². The summed E-state index contributed by atoms with van der Waals surface area (Å²) in [7, 11) is -3.69. The molecule has 0 saturated heterocycles. The lowest BCUT2D eigenvalue weighted by molar-refractivity contribution is -0.143. The van der Waals surface area contributed by atoms with E-state index >= 15 is 0 Å². The van der Waals surface area contributed by atoms with E-state index in [2.05, 4.69) is 0 Å². The molecule has 0 amide bonds. The summed E-state index contributed by atoms with van der Waals surface area (Å²) in [5, 5.41) is -1.42. The van der Waals surface area contributed by atoms with Crippen molar-refractivity contribution < 1.29 is 70.5 Å². The minimum absolute atomic E-state index is 0.213. The van der Waals surface area contributed by atoms with E-state index in [0.717, 1.165) is 0 Å². The van der Waals surface area contributed by atoms with Crippen LogP contribution in [0.4, 0.5) is 43.9 Å². The van der Waals surface area contributed by atoms with Crippen LogP contribution in [0.3, 0.4) is 0 Å². The summed E-state index contributed by atoms with van der Waals surface area (Å²) < 4.78 is 159. The van der Waals surface area contributed by atoms with Gasteiger partial charge in [-0.25, -0.2) is 17.6 Å². The molecule has 0 aliphatic rings. The molecule has 1 rings (SSSR count). The van der Waals surface area contributed by atoms with E-state index in [1.165, 1.54) is 42.1 Å². The van der Waals surface area contributed by atoms with Crippen LogP contribution in [0.2, 0.25) is 6.04 Å². The van der Waals surface area contributed by atoms with Gasteiger partial charge < -0.3 is 26.6 Å². The van der Waals surface area contributed by atoms with E-state index in [-0.39, 0.29) is 25.9 Å². The fourth-order valence-corrected chi connectivity index (χ4v) is 7.19. The molecule has 0 heterocycles. The molecule has 0 radical (unpaired) electrons. The highest BCUT2D eigenvalue weighted by Crippen LogP contribution is 2.36. The largest absolute Gasteiger partial charge is 0.543 e. The zero-order chi connectivity index (χ0) is 29.2. The van der Waals surface area contributed by atoms with Crippen molar-refractivity contribution >= 4 is 22.8 Å². The highest BCUT2D eigenvalue weighted by molar-refractivity contribution is 6.75. The Labute approximate surface area is 209 Å². The molecule has 1 aromatic carbocycles. The maximum Gasteiger partial charge on any atom is 0.543 e. The summed E-state index contributed by atoms with van der Waals surface area (Å²) in [6.07, 6.45) is -10.8. The molecule has 0 unspecified atom stereocenters. The van der Waals surface area contributed by atoms with Crippen molar-refractivity contribution in [3.8, 4) is 0 Å². The van der Waals surface area contributed by atoms with E-state index in [9.17, 15) is 43.9 Å². The highest BCUT2D eigenvalue weighted by Gasteiger charge is 2.53. The molecular weight excluding hydrogens is 570 g/mol. The molecule has 0 N–H and O–H groups in total. The maximum absolute atomic E-state index is 14.2. The summed E-state index contributed by atoms with van der Waals surface area (Å²) in [5.74, 6) is -9.65. The molecule has 0 saturated carbocycles. The SMILES string of the molecule is CCO[Si](OCC)(OCC)c1c(F)c(F)c(C(F)(F)F)c(F)c1F.CO[Si](CCC(F)(F)F)(OC)OC. The lowest BCUT2D eigenvalue weighted by atomic mass is 10.1. The Kier molecular flexibility index (Phi) is 14.2. The summed E-state index contributed by atoms with van der Waals surface area (Å²) in [6, 6.07) is -0.250. The van der Waals surface area contributed by atoms with Gasteiger partial charge in [-0.05, 0) is 20.8 Å². The molecular formula is C19H28F10O6Si2. The van der Waals surface area contributed by atoms with Gasteiger partial charge in [0.25, 0.3) is 0 Å². The predicted molar refractivity (Wildman–Crippen MR) is 114 cm³/mol. The Balaban J connectivity index is 0.000000845. The molecule has 18 heteroatoms. The molecule has 37 heavy (non-hydrogen) atoms. The van der Waals surface area contributed by atoms with E-state index in [1.54, 1.807) is 0 Å². The third-order valence-electron chi connectivity index (χ3n) is 4.50. The van der Waals surface area contributed by atoms with Crippen LogP contribution in [-0.2, 0) is 32.7 Å². The molecule has 218 valence electrons. The van der Waals surface area contributed by atoms with Gasteiger partial charge in [0.2, 0.25) is 0 Å². The number of rotatable bonds is 12. The van der Waals surface area contributed by atoms with Crippen LogP contribution in [0.25, 0.3) is 0 Å².